The molecule has 12 heteroatoms. The molecule has 1 aromatic heterocycles. The zero-order valence-corrected chi connectivity index (χ0v) is 25.0. The first-order chi connectivity index (χ1) is 20.7. The van der Waals surface area contributed by atoms with Crippen LogP contribution in [0, 0.1) is 12.7 Å². The van der Waals surface area contributed by atoms with Crippen LogP contribution in [0.4, 0.5) is 14.9 Å². The van der Waals surface area contributed by atoms with Crippen molar-refractivity contribution in [3.8, 4) is 0 Å². The van der Waals surface area contributed by atoms with Gasteiger partial charge in [0.2, 0.25) is 0 Å². The van der Waals surface area contributed by atoms with Crippen LogP contribution in [0.3, 0.4) is 0 Å². The molecule has 1 unspecified atom stereocenters. The van der Waals surface area contributed by atoms with Crippen molar-refractivity contribution in [3.05, 3.63) is 114 Å². The summed E-state index contributed by atoms with van der Waals surface area (Å²) in [7, 11) is 0. The number of benzene rings is 2. The van der Waals surface area contributed by atoms with E-state index in [1.54, 1.807) is 46.4 Å². The monoisotopic (exact) mass is 604 g/mol. The average molecular weight is 605 g/mol. The molecule has 1 fully saturated rings. The molecule has 10 nitrogen and oxygen atoms in total. The van der Waals surface area contributed by atoms with Crippen LogP contribution < -0.4 is 21.8 Å². The molecular weight excluding hydrogens is 567 g/mol. The van der Waals surface area contributed by atoms with E-state index in [1.165, 1.54) is 16.5 Å². The van der Waals surface area contributed by atoms with Crippen molar-refractivity contribution in [2.75, 3.05) is 24.5 Å². The molecule has 0 spiro atoms. The van der Waals surface area contributed by atoms with Gasteiger partial charge in [-0.15, -0.1) is 17.7 Å². The number of rotatable bonds is 14. The van der Waals surface area contributed by atoms with Crippen LogP contribution in [0.2, 0.25) is 0 Å². The van der Waals surface area contributed by atoms with Crippen LogP contribution in [0.1, 0.15) is 23.1 Å². The lowest BCUT2D eigenvalue weighted by molar-refractivity contribution is 0.129. The van der Waals surface area contributed by atoms with Gasteiger partial charge < -0.3 is 20.8 Å². The number of aromatic nitrogens is 3. The Bertz CT molecular complexity index is 1500. The number of nitrogens with one attached hydrogen (secondary N) is 1. The highest BCUT2D eigenvalue weighted by molar-refractivity contribution is 7.80. The number of halogens is 1. The Hall–Kier alpha value is -4.39. The minimum atomic E-state index is -0.543. The molecule has 0 aliphatic carbocycles. The fraction of sp³-hybridized carbons (Fsp3) is 0.258. The summed E-state index contributed by atoms with van der Waals surface area (Å²) < 4.78 is 22.2. The number of thiol groups is 1. The molecule has 226 valence electrons. The highest BCUT2D eigenvalue weighted by Crippen LogP contribution is 2.28. The number of allylic oxidation sites excluding steroid dienone is 4. The number of anilines is 1. The molecule has 4 rings (SSSR count). The molecule has 2 aromatic carbocycles. The fourth-order valence-electron chi connectivity index (χ4n) is 4.52. The Morgan fingerprint density at radius 1 is 1.30 bits per heavy atom. The van der Waals surface area contributed by atoms with E-state index in [9.17, 15) is 4.79 Å². The topological polar surface area (TPSA) is 128 Å². The van der Waals surface area contributed by atoms with Gasteiger partial charge in [-0.25, -0.2) is 19.7 Å². The number of aryl methyl sites for hydroxylation is 1. The maximum atomic E-state index is 15.3. The molecule has 43 heavy (non-hydrogen) atoms. The van der Waals surface area contributed by atoms with Crippen molar-refractivity contribution in [2.24, 2.45) is 11.6 Å². The van der Waals surface area contributed by atoms with Crippen LogP contribution in [0.15, 0.2) is 96.5 Å². The first-order valence-corrected chi connectivity index (χ1v) is 14.3. The van der Waals surface area contributed by atoms with Crippen LogP contribution in [-0.2, 0) is 17.8 Å². The largest absolute Gasteiger partial charge is 0.442 e. The predicted octanol–water partition coefficient (Wildman–Crippen LogP) is 4.32. The molecular formula is C31H37FN8O2S. The number of hydrogen-bond donors (Lipinski definition) is 4. The number of nitrogens with zero attached hydrogens (tertiary/aromatic N) is 5. The van der Waals surface area contributed by atoms with Gasteiger partial charge in [0.15, 0.2) is 0 Å². The SMILES string of the molecule is C=C/C=C(\C=C/CCNC/C(N)=C/N(N)Cc1ccc(C)cc1)c1ccc(N2CC(Cn3cc(S)nn3)OC2=O)cc1F. The number of carbonyl (C=O) groups excluding carboxylic acids is 1. The van der Waals surface area contributed by atoms with Gasteiger partial charge in [-0.2, -0.15) is 0 Å². The van der Waals surface area contributed by atoms with Gasteiger partial charge >= 0.3 is 6.09 Å². The Morgan fingerprint density at radius 3 is 2.79 bits per heavy atom. The van der Waals surface area contributed by atoms with Gasteiger partial charge in [0.25, 0.3) is 0 Å². The lowest BCUT2D eigenvalue weighted by Gasteiger charge is -2.15. The molecule has 0 saturated carbocycles. The molecule has 1 atom stereocenters. The second-order valence-electron chi connectivity index (χ2n) is 10.2. The maximum Gasteiger partial charge on any atom is 0.414 e. The van der Waals surface area contributed by atoms with E-state index >= 15 is 4.39 Å². The average Bonchev–Trinajstić information content (AvgIpc) is 3.55. The van der Waals surface area contributed by atoms with Crippen molar-refractivity contribution >= 4 is 30.0 Å². The van der Waals surface area contributed by atoms with Crippen molar-refractivity contribution in [3.63, 3.8) is 0 Å². The molecule has 3 aromatic rings. The molecule has 2 heterocycles. The predicted molar refractivity (Wildman–Crippen MR) is 169 cm³/mol. The highest BCUT2D eigenvalue weighted by atomic mass is 32.1. The summed E-state index contributed by atoms with van der Waals surface area (Å²) >= 11 is 4.13. The number of nitrogens with two attached hydrogens (primary N) is 2. The van der Waals surface area contributed by atoms with Crippen LogP contribution in [-0.4, -0.2) is 51.8 Å². The van der Waals surface area contributed by atoms with E-state index in [4.69, 9.17) is 16.3 Å². The molecule has 1 amide bonds. The lowest BCUT2D eigenvalue weighted by atomic mass is 10.0. The smallest absolute Gasteiger partial charge is 0.414 e. The van der Waals surface area contributed by atoms with Gasteiger partial charge in [-0.1, -0.05) is 65.9 Å². The first kappa shape index (κ1) is 31.5. The van der Waals surface area contributed by atoms with Gasteiger partial charge in [0.1, 0.15) is 16.9 Å². The van der Waals surface area contributed by atoms with Crippen molar-refractivity contribution in [1.82, 2.24) is 25.3 Å². The summed E-state index contributed by atoms with van der Waals surface area (Å²) in [6.45, 7) is 8.09. The normalized spacial score (nSPS) is 15.8. The second kappa shape index (κ2) is 15.2. The maximum absolute atomic E-state index is 15.3. The number of ether oxygens (including phenoxy) is 1. The number of amides is 1. The minimum Gasteiger partial charge on any atom is -0.442 e. The highest BCUT2D eigenvalue weighted by Gasteiger charge is 2.33. The third kappa shape index (κ3) is 9.30. The van der Waals surface area contributed by atoms with Gasteiger partial charge in [-0.05, 0) is 49.2 Å². The minimum absolute atomic E-state index is 0.261. The summed E-state index contributed by atoms with van der Waals surface area (Å²) in [5.41, 5.74) is 10.5. The quantitative estimate of drug-likeness (QED) is 0.0705. The summed E-state index contributed by atoms with van der Waals surface area (Å²) in [6.07, 6.45) is 10.2. The number of cyclic esters (lactones) is 1. The molecule has 0 radical (unpaired) electrons. The number of hydrogen-bond acceptors (Lipinski definition) is 9. The molecule has 1 aliphatic heterocycles. The summed E-state index contributed by atoms with van der Waals surface area (Å²) in [5.74, 6) is 5.61. The van der Waals surface area contributed by atoms with Gasteiger partial charge in [0.05, 0.1) is 31.5 Å². The lowest BCUT2D eigenvalue weighted by Crippen LogP contribution is -2.29. The van der Waals surface area contributed by atoms with Crippen molar-refractivity contribution in [1.29, 1.82) is 0 Å². The van der Waals surface area contributed by atoms with Crippen molar-refractivity contribution in [2.45, 2.75) is 37.6 Å². The fourth-order valence-corrected chi connectivity index (χ4v) is 4.69. The molecule has 1 saturated heterocycles. The third-order valence-corrected chi connectivity index (χ3v) is 6.80. The van der Waals surface area contributed by atoms with E-state index < -0.39 is 18.0 Å². The van der Waals surface area contributed by atoms with E-state index in [1.807, 2.05) is 43.3 Å². The third-order valence-electron chi connectivity index (χ3n) is 6.60. The number of carbonyl (C=O) groups is 1. The van der Waals surface area contributed by atoms with Gasteiger partial charge in [-0.3, -0.25) is 4.90 Å². The summed E-state index contributed by atoms with van der Waals surface area (Å²) in [4.78, 5) is 13.9. The molecule has 1 aliphatic rings. The van der Waals surface area contributed by atoms with Crippen molar-refractivity contribution < 1.29 is 13.9 Å². The molecule has 5 N–H and O–H groups in total. The van der Waals surface area contributed by atoms with E-state index in [-0.39, 0.29) is 6.54 Å². The van der Waals surface area contributed by atoms with E-state index in [2.05, 4.69) is 34.8 Å². The Labute approximate surface area is 256 Å². The summed E-state index contributed by atoms with van der Waals surface area (Å²) in [5, 5.41) is 13.0. The Balaban J connectivity index is 1.26. The molecule has 0 bridgehead atoms. The van der Waals surface area contributed by atoms with E-state index in [0.29, 0.717) is 60.1 Å². The van der Waals surface area contributed by atoms with Gasteiger partial charge in [0, 0.05) is 24.0 Å². The Kier molecular flexibility index (Phi) is 11.1. The Morgan fingerprint density at radius 2 is 2.09 bits per heavy atom. The number of hydrazine groups is 1. The second-order valence-corrected chi connectivity index (χ2v) is 10.6. The zero-order chi connectivity index (χ0) is 30.8. The first-order valence-electron chi connectivity index (χ1n) is 13.8. The van der Waals surface area contributed by atoms with Crippen LogP contribution in [0.25, 0.3) is 5.57 Å². The zero-order valence-electron chi connectivity index (χ0n) is 24.1. The van der Waals surface area contributed by atoms with E-state index in [0.717, 1.165) is 5.56 Å². The van der Waals surface area contributed by atoms with Crippen LogP contribution >= 0.6 is 12.6 Å². The van der Waals surface area contributed by atoms with Crippen LogP contribution in [0.5, 0.6) is 0 Å². The standard InChI is InChI=1S/C31H37FN8O2S/c1-3-6-24(7-4-5-14-35-16-25(33)18-38(34)17-23-10-8-22(2)9-11-23)28-13-12-26(15-29(28)32)40-20-27(42-31(40)41)19-39-21-30(43)36-37-39/h3-4,6-13,15,18,21,27,35,43H,1,5,14,16-17,19-20,33-34H2,2H3/b7-4-,24-6+,25-18-. The summed E-state index contributed by atoms with van der Waals surface area (Å²) in [6, 6.07) is 12.9.